The van der Waals surface area contributed by atoms with Crippen molar-refractivity contribution in [2.24, 2.45) is 5.92 Å². The molecule has 0 aliphatic carbocycles. The van der Waals surface area contributed by atoms with E-state index in [9.17, 15) is 9.59 Å². The van der Waals surface area contributed by atoms with Gasteiger partial charge in [0.15, 0.2) is 0 Å². The van der Waals surface area contributed by atoms with Crippen molar-refractivity contribution < 1.29 is 14.7 Å². The summed E-state index contributed by atoms with van der Waals surface area (Å²) in [6.07, 6.45) is 4.44. The summed E-state index contributed by atoms with van der Waals surface area (Å²) < 4.78 is 0. The molecule has 0 aromatic heterocycles. The Morgan fingerprint density at radius 2 is 1.81 bits per heavy atom. The van der Waals surface area contributed by atoms with Gasteiger partial charge in [-0.25, -0.2) is 4.79 Å². The normalized spacial score (nSPS) is 12.0. The van der Waals surface area contributed by atoms with E-state index in [0.29, 0.717) is 12.5 Å². The first-order valence-electron chi connectivity index (χ1n) is 7.59. The van der Waals surface area contributed by atoms with Gasteiger partial charge in [0.2, 0.25) is 0 Å². The average molecular weight is 291 g/mol. The molecule has 1 rings (SSSR count). The molecule has 1 aromatic rings. The Labute approximate surface area is 126 Å². The minimum atomic E-state index is -1.06. The molecule has 0 spiro atoms. The van der Waals surface area contributed by atoms with Crippen molar-refractivity contribution in [3.8, 4) is 0 Å². The Morgan fingerprint density at radius 1 is 1.19 bits per heavy atom. The number of carbonyl (C=O) groups excluding carboxylic acids is 1. The van der Waals surface area contributed by atoms with E-state index in [1.165, 1.54) is 6.07 Å². The Hall–Kier alpha value is -1.84. The molecule has 21 heavy (non-hydrogen) atoms. The fraction of sp³-hybridized carbons (Fsp3) is 0.529. The summed E-state index contributed by atoms with van der Waals surface area (Å²) in [6, 6.07) is 6.38. The summed E-state index contributed by atoms with van der Waals surface area (Å²) in [5.41, 5.74) is 0.328. The van der Waals surface area contributed by atoms with E-state index in [2.05, 4.69) is 13.8 Å². The maximum atomic E-state index is 12.5. The van der Waals surface area contributed by atoms with Crippen LogP contribution in [0.4, 0.5) is 0 Å². The molecule has 1 amide bonds. The number of carbonyl (C=O) groups is 2. The molecule has 1 atom stereocenters. The summed E-state index contributed by atoms with van der Waals surface area (Å²) >= 11 is 0. The molecule has 1 aromatic carbocycles. The molecule has 116 valence electrons. The minimum absolute atomic E-state index is 0.0657. The molecule has 0 radical (unpaired) electrons. The zero-order valence-corrected chi connectivity index (χ0v) is 13.1. The quantitative estimate of drug-likeness (QED) is 0.795. The third-order valence-electron chi connectivity index (χ3n) is 3.81. The van der Waals surface area contributed by atoms with Gasteiger partial charge in [0.1, 0.15) is 0 Å². The number of hydrogen-bond donors (Lipinski definition) is 1. The number of unbranched alkanes of at least 4 members (excludes halogenated alkanes) is 1. The highest BCUT2D eigenvalue weighted by Crippen LogP contribution is 2.17. The van der Waals surface area contributed by atoms with Gasteiger partial charge in [-0.1, -0.05) is 45.2 Å². The molecule has 0 aliphatic rings. The largest absolute Gasteiger partial charge is 0.478 e. The van der Waals surface area contributed by atoms with Gasteiger partial charge in [-0.3, -0.25) is 4.79 Å². The number of amides is 1. The van der Waals surface area contributed by atoms with E-state index < -0.39 is 5.97 Å². The number of aromatic carboxylic acids is 1. The average Bonchev–Trinajstić information content (AvgIpc) is 2.50. The lowest BCUT2D eigenvalue weighted by atomic mass is 9.98. The van der Waals surface area contributed by atoms with Crippen molar-refractivity contribution in [1.82, 2.24) is 4.90 Å². The Bertz CT molecular complexity index is 485. The summed E-state index contributed by atoms with van der Waals surface area (Å²) in [6.45, 7) is 4.96. The predicted octanol–water partition coefficient (Wildman–Crippen LogP) is 3.67. The lowest BCUT2D eigenvalue weighted by Gasteiger charge is -2.24. The zero-order chi connectivity index (χ0) is 15.8. The summed E-state index contributed by atoms with van der Waals surface area (Å²) in [4.78, 5) is 25.3. The van der Waals surface area contributed by atoms with Gasteiger partial charge in [-0.15, -0.1) is 0 Å². The SMILES string of the molecule is CCCCC(CC)CN(C)C(=O)c1ccccc1C(=O)O. The van der Waals surface area contributed by atoms with E-state index in [1.54, 1.807) is 30.1 Å². The lowest BCUT2D eigenvalue weighted by Crippen LogP contribution is -2.32. The van der Waals surface area contributed by atoms with Crippen LogP contribution in [0.25, 0.3) is 0 Å². The van der Waals surface area contributed by atoms with Crippen LogP contribution in [0.15, 0.2) is 24.3 Å². The Morgan fingerprint density at radius 3 is 2.33 bits per heavy atom. The molecular weight excluding hydrogens is 266 g/mol. The number of nitrogens with zero attached hydrogens (tertiary/aromatic N) is 1. The first-order chi connectivity index (χ1) is 10.0. The number of carboxylic acids is 1. The van der Waals surface area contributed by atoms with E-state index in [4.69, 9.17) is 5.11 Å². The second-order valence-electron chi connectivity index (χ2n) is 5.45. The fourth-order valence-corrected chi connectivity index (χ4v) is 2.45. The van der Waals surface area contributed by atoms with Crippen LogP contribution in [0.3, 0.4) is 0 Å². The van der Waals surface area contributed by atoms with Crippen LogP contribution >= 0.6 is 0 Å². The second-order valence-corrected chi connectivity index (χ2v) is 5.45. The van der Waals surface area contributed by atoms with Gasteiger partial charge in [-0.05, 0) is 24.5 Å². The Kier molecular flexibility index (Phi) is 6.92. The maximum absolute atomic E-state index is 12.5. The molecule has 4 nitrogen and oxygen atoms in total. The van der Waals surface area contributed by atoms with E-state index in [-0.39, 0.29) is 17.0 Å². The third-order valence-corrected chi connectivity index (χ3v) is 3.81. The molecule has 1 N–H and O–H groups in total. The lowest BCUT2D eigenvalue weighted by molar-refractivity contribution is 0.0678. The van der Waals surface area contributed by atoms with Gasteiger partial charge >= 0.3 is 5.97 Å². The van der Waals surface area contributed by atoms with E-state index in [0.717, 1.165) is 25.7 Å². The topological polar surface area (TPSA) is 57.6 Å². The van der Waals surface area contributed by atoms with Gasteiger partial charge in [-0.2, -0.15) is 0 Å². The number of rotatable bonds is 8. The molecule has 0 heterocycles. The van der Waals surface area contributed by atoms with E-state index in [1.807, 2.05) is 0 Å². The monoisotopic (exact) mass is 291 g/mol. The van der Waals surface area contributed by atoms with Crippen LogP contribution in [0.2, 0.25) is 0 Å². The summed E-state index contributed by atoms with van der Waals surface area (Å²) in [5.74, 6) is -0.816. The first-order valence-corrected chi connectivity index (χ1v) is 7.59. The zero-order valence-electron chi connectivity index (χ0n) is 13.1. The van der Waals surface area contributed by atoms with Gasteiger partial charge in [0.25, 0.3) is 5.91 Å². The van der Waals surface area contributed by atoms with Crippen molar-refractivity contribution in [3.63, 3.8) is 0 Å². The molecule has 0 fully saturated rings. The Balaban J connectivity index is 2.80. The highest BCUT2D eigenvalue weighted by atomic mass is 16.4. The van der Waals surface area contributed by atoms with Crippen LogP contribution in [-0.2, 0) is 0 Å². The summed E-state index contributed by atoms with van der Waals surface area (Å²) in [7, 11) is 1.75. The number of benzene rings is 1. The van der Waals surface area contributed by atoms with Crippen LogP contribution in [-0.4, -0.2) is 35.5 Å². The van der Waals surface area contributed by atoms with Gasteiger partial charge < -0.3 is 10.0 Å². The number of hydrogen-bond acceptors (Lipinski definition) is 2. The molecular formula is C17H25NO3. The molecule has 0 saturated heterocycles. The number of carboxylic acid groups (broad SMARTS) is 1. The first kappa shape index (κ1) is 17.2. The van der Waals surface area contributed by atoms with Crippen molar-refractivity contribution in [2.75, 3.05) is 13.6 Å². The van der Waals surface area contributed by atoms with Crippen LogP contribution in [0.5, 0.6) is 0 Å². The van der Waals surface area contributed by atoms with Crippen molar-refractivity contribution in [1.29, 1.82) is 0 Å². The predicted molar refractivity (Wildman–Crippen MR) is 83.7 cm³/mol. The van der Waals surface area contributed by atoms with Crippen LogP contribution in [0, 0.1) is 5.92 Å². The van der Waals surface area contributed by atoms with Crippen molar-refractivity contribution >= 4 is 11.9 Å². The highest BCUT2D eigenvalue weighted by molar-refractivity contribution is 6.04. The third kappa shape index (κ3) is 4.88. The standard InChI is InChI=1S/C17H25NO3/c1-4-6-9-13(5-2)12-18(3)16(19)14-10-7-8-11-15(14)17(20)21/h7-8,10-11,13H,4-6,9,12H2,1-3H3,(H,20,21). The maximum Gasteiger partial charge on any atom is 0.336 e. The van der Waals surface area contributed by atoms with E-state index >= 15 is 0 Å². The smallest absolute Gasteiger partial charge is 0.336 e. The van der Waals surface area contributed by atoms with Crippen LogP contribution < -0.4 is 0 Å². The summed E-state index contributed by atoms with van der Waals surface area (Å²) in [5, 5.41) is 9.17. The van der Waals surface area contributed by atoms with Crippen molar-refractivity contribution in [2.45, 2.75) is 39.5 Å². The van der Waals surface area contributed by atoms with Gasteiger partial charge in [0, 0.05) is 13.6 Å². The van der Waals surface area contributed by atoms with Crippen molar-refractivity contribution in [3.05, 3.63) is 35.4 Å². The minimum Gasteiger partial charge on any atom is -0.478 e. The fourth-order valence-electron chi connectivity index (χ4n) is 2.45. The molecule has 0 bridgehead atoms. The molecule has 1 unspecified atom stereocenters. The molecule has 0 saturated carbocycles. The van der Waals surface area contributed by atoms with Gasteiger partial charge in [0.05, 0.1) is 11.1 Å². The highest BCUT2D eigenvalue weighted by Gasteiger charge is 2.20. The second kappa shape index (κ2) is 8.45. The molecule has 4 heteroatoms. The van der Waals surface area contributed by atoms with Crippen LogP contribution in [0.1, 0.15) is 60.2 Å². The molecule has 0 aliphatic heterocycles.